The molecule has 4 amide bonds. The number of nitrogens with one attached hydrogen (secondary N) is 4. The largest absolute Gasteiger partial charge is 0.460 e. The molecule has 27 heteroatoms. The summed E-state index contributed by atoms with van der Waals surface area (Å²) in [5.74, 6) is -5.80. The van der Waals surface area contributed by atoms with Crippen molar-refractivity contribution in [1.29, 1.82) is 0 Å². The van der Waals surface area contributed by atoms with E-state index in [-0.39, 0.29) is 55.6 Å². The molecule has 8 aromatic carbocycles. The number of carbonyl (C=O) groups is 9. The average molecular weight is 1910 g/mol. The lowest BCUT2D eigenvalue weighted by Crippen LogP contribution is -2.61. The molecular formula is C110H117Cl3N12O12. The summed E-state index contributed by atoms with van der Waals surface area (Å²) in [7, 11) is 0. The first-order valence-corrected chi connectivity index (χ1v) is 47.7. The average Bonchev–Trinajstić information content (AvgIpc) is 1.56. The summed E-state index contributed by atoms with van der Waals surface area (Å²) >= 11 is 17.6. The fourth-order valence-corrected chi connectivity index (χ4v) is 18.2. The summed E-state index contributed by atoms with van der Waals surface area (Å²) in [4.78, 5) is 145. The number of cyclic esters (lactones) is 1. The van der Waals surface area contributed by atoms with Gasteiger partial charge in [0.15, 0.2) is 0 Å². The normalized spacial score (nSPS) is 18.5. The van der Waals surface area contributed by atoms with Gasteiger partial charge in [-0.05, 0) is 148 Å². The van der Waals surface area contributed by atoms with Crippen LogP contribution in [-0.4, -0.2) is 140 Å². The molecule has 4 aromatic heterocycles. The van der Waals surface area contributed by atoms with Gasteiger partial charge in [-0.2, -0.15) is 0 Å². The fourth-order valence-electron chi connectivity index (χ4n) is 18.1. The van der Waals surface area contributed by atoms with Gasteiger partial charge in [0.2, 0.25) is 15.6 Å². The van der Waals surface area contributed by atoms with E-state index in [0.717, 1.165) is 60.8 Å². The third kappa shape index (κ3) is 23.8. The molecule has 0 saturated carbocycles. The van der Waals surface area contributed by atoms with Crippen molar-refractivity contribution in [2.75, 3.05) is 19.7 Å². The molecule has 0 unspecified atom stereocenters. The van der Waals surface area contributed by atoms with E-state index in [1.54, 1.807) is 40.3 Å². The van der Waals surface area contributed by atoms with Crippen molar-refractivity contribution in [1.82, 2.24) is 60.6 Å². The predicted octanol–water partition coefficient (Wildman–Crippen LogP) is 18.7. The van der Waals surface area contributed by atoms with E-state index in [9.17, 15) is 43.2 Å². The van der Waals surface area contributed by atoms with Gasteiger partial charge in [-0.25, -0.2) is 30.8 Å². The molecule has 4 N–H and O–H groups in total. The summed E-state index contributed by atoms with van der Waals surface area (Å²) in [6.07, 6.45) is 15.2. The third-order valence-electron chi connectivity index (χ3n) is 26.0. The van der Waals surface area contributed by atoms with Gasteiger partial charge in [-0.15, -0.1) is 0 Å². The molecule has 0 spiro atoms. The van der Waals surface area contributed by atoms with Gasteiger partial charge < -0.3 is 34.0 Å². The smallest absolute Gasteiger partial charge is 0.325 e. The van der Waals surface area contributed by atoms with Gasteiger partial charge in [0, 0.05) is 91.5 Å². The Balaban J connectivity index is 0.000000221. The number of alkyl halides is 3. The van der Waals surface area contributed by atoms with Crippen molar-refractivity contribution in [3.05, 3.63) is 347 Å². The van der Waals surface area contributed by atoms with Gasteiger partial charge in [0.1, 0.15) is 65.6 Å². The number of rotatable bonds is 26. The number of amides is 4. The number of fused-ring (bicyclic) bond motifs is 5. The monoisotopic (exact) mass is 1900 g/mol. The minimum Gasteiger partial charge on any atom is -0.460 e. The van der Waals surface area contributed by atoms with Gasteiger partial charge in [-0.1, -0.05) is 305 Å². The van der Waals surface area contributed by atoms with Crippen molar-refractivity contribution in [2.24, 2.45) is 34.5 Å². The van der Waals surface area contributed by atoms with Crippen LogP contribution in [0.5, 0.6) is 0 Å². The zero-order valence-electron chi connectivity index (χ0n) is 78.9. The molecule has 137 heavy (non-hydrogen) atoms. The molecular weight excluding hydrogens is 1790 g/mol. The number of ether oxygens (including phenoxy) is 3. The van der Waals surface area contributed by atoms with Crippen LogP contribution < -0.4 is 21.5 Å². The van der Waals surface area contributed by atoms with Gasteiger partial charge in [-0.3, -0.25) is 53.2 Å². The fraction of sp³-hybridized carbons (Fsp3) is 0.336. The number of carbonyl (C=O) groups excluding carboxylic acids is 9. The molecule has 7 heterocycles. The highest BCUT2D eigenvalue weighted by atomic mass is 35.6. The maximum atomic E-state index is 14.9. The Bertz CT molecular complexity index is 6160. The lowest BCUT2D eigenvalue weighted by atomic mass is 9.77. The van der Waals surface area contributed by atoms with E-state index in [1.165, 1.54) is 16.9 Å². The van der Waals surface area contributed by atoms with E-state index in [2.05, 4.69) is 98.8 Å². The number of nitrogens with zero attached hydrogens (tertiary/aromatic N) is 8. The number of pyridine rings is 2. The first-order chi connectivity index (χ1) is 65.6. The van der Waals surface area contributed by atoms with E-state index in [0.29, 0.717) is 60.5 Å². The maximum absolute atomic E-state index is 14.9. The van der Waals surface area contributed by atoms with Crippen molar-refractivity contribution in [2.45, 2.75) is 179 Å². The van der Waals surface area contributed by atoms with Crippen LogP contribution in [0.2, 0.25) is 0 Å². The van der Waals surface area contributed by atoms with Crippen LogP contribution in [0, 0.1) is 34.5 Å². The van der Waals surface area contributed by atoms with E-state index >= 15 is 0 Å². The number of ketones is 2. The van der Waals surface area contributed by atoms with Crippen molar-refractivity contribution < 1.29 is 57.4 Å². The Hall–Kier alpha value is -13.1. The zero-order valence-corrected chi connectivity index (χ0v) is 81.1. The molecule has 3 aliphatic rings. The van der Waals surface area contributed by atoms with Crippen LogP contribution in [0.3, 0.4) is 0 Å². The molecule has 710 valence electrons. The number of aromatic nitrogens is 6. The lowest BCUT2D eigenvalue weighted by molar-refractivity contribution is -0.157. The summed E-state index contributed by atoms with van der Waals surface area (Å²) in [6.45, 7) is 19.8. The topological polar surface area (TPSA) is 297 Å². The summed E-state index contributed by atoms with van der Waals surface area (Å²) in [5, 5.41) is 10.7. The molecule has 24 nitrogen and oxygen atoms in total. The number of allylic oxidation sites excluding steroid dienone is 2. The van der Waals surface area contributed by atoms with Crippen LogP contribution in [0.15, 0.2) is 280 Å². The molecule has 15 rings (SSSR count). The number of imidazole rings is 2. The zero-order chi connectivity index (χ0) is 97.5. The minimum absolute atomic E-state index is 0.0273. The van der Waals surface area contributed by atoms with Crippen molar-refractivity contribution in [3.8, 4) is 0 Å². The van der Waals surface area contributed by atoms with E-state index in [4.69, 9.17) is 68.9 Å². The lowest BCUT2D eigenvalue weighted by Gasteiger charge is -2.37. The van der Waals surface area contributed by atoms with Crippen LogP contribution in [0.1, 0.15) is 194 Å². The molecule has 0 aliphatic carbocycles. The van der Waals surface area contributed by atoms with Gasteiger partial charge in [0.25, 0.3) is 11.8 Å². The van der Waals surface area contributed by atoms with Crippen LogP contribution in [0.4, 0.5) is 0 Å². The van der Waals surface area contributed by atoms with Crippen molar-refractivity contribution >= 4 is 122 Å². The standard InChI is InChI=1S/C57H61Cl3N6O7.C53H56N6O5/c1-37(2)46(33-51(68)55(5,6)29-28-40-24-25-41-26-27-47(62-49(41)31-40)38(3)73-39(4)67)52(69)63-50(53(70)66-30-16-23-48(64-66)54(71)72-35-56(58,59)60)32-45-34-65(36-61-45)57(42-17-10-7-11-18-42,43-19-12-8-13-20-43)44-21-14-9-15-22-44;1-35(2)43-32-48(60)52(4,5)28-27-37-23-24-38-25-26-44(55-46(38)30-37)36(3)64-51(63)45-22-15-29-59(57-45)50(62)47(56-49(43)61)31-42-33-58(34-54-42)53(39-16-9-6-10-17-39,40-18-11-7-12-19-40)41-20-13-8-14-21-41/h7-15,17-22,24-29,31,34,36-38,46,48,50,64H,16,23,30,32-33,35H2,1-6H3,(H,63,69);6-14,16-21,23-28,30,33-36,43,45,47,57H,15,22,29,31-32H2,1-5H3,(H,56,61)/b29-28+;28-27+/t38-,46+,48+,50+;36-,43+,45+,47+/m11/s1. The molecule has 2 fully saturated rings. The minimum atomic E-state index is -1.83. The Morgan fingerprint density at radius 3 is 1.69 bits per heavy atom. The third-order valence-corrected chi connectivity index (χ3v) is 26.3. The van der Waals surface area contributed by atoms with E-state index in [1.807, 2.05) is 253 Å². The predicted molar refractivity (Wildman–Crippen MR) is 532 cm³/mol. The van der Waals surface area contributed by atoms with Crippen LogP contribution in [0.25, 0.3) is 34.0 Å². The number of Topliss-reactive ketones (excluding diaryl/α,β-unsaturated/α-hetero) is 2. The Labute approximate surface area is 814 Å². The number of hydrogen-bond donors (Lipinski definition) is 4. The molecule has 8 atom stereocenters. The highest BCUT2D eigenvalue weighted by Crippen LogP contribution is 2.44. The maximum Gasteiger partial charge on any atom is 0.325 e. The van der Waals surface area contributed by atoms with Gasteiger partial charge >= 0.3 is 17.9 Å². The quantitative estimate of drug-likeness (QED) is 0.0169. The summed E-state index contributed by atoms with van der Waals surface area (Å²) in [5.41, 5.74) is 13.8. The summed E-state index contributed by atoms with van der Waals surface area (Å²) < 4.78 is 18.9. The highest BCUT2D eigenvalue weighted by Gasteiger charge is 2.45. The second-order valence-electron chi connectivity index (χ2n) is 37.3. The first-order valence-electron chi connectivity index (χ1n) is 46.6. The second kappa shape index (κ2) is 43.9. The highest BCUT2D eigenvalue weighted by molar-refractivity contribution is 6.67. The number of halogens is 3. The Morgan fingerprint density at radius 2 is 1.15 bits per heavy atom. The van der Waals surface area contributed by atoms with Crippen molar-refractivity contribution in [3.63, 3.8) is 0 Å². The van der Waals surface area contributed by atoms with Crippen LogP contribution >= 0.6 is 34.8 Å². The van der Waals surface area contributed by atoms with Gasteiger partial charge in [0.05, 0.1) is 46.5 Å². The first kappa shape index (κ1) is 99.9. The molecule has 0 radical (unpaired) electrons. The molecule has 12 aromatic rings. The molecule has 2 saturated heterocycles. The van der Waals surface area contributed by atoms with Crippen LogP contribution in [-0.2, 0) is 81.3 Å². The number of benzene rings is 8. The Kier molecular flexibility index (Phi) is 32.0. The summed E-state index contributed by atoms with van der Waals surface area (Å²) in [6, 6.07) is 76.1. The number of hydrazine groups is 2. The second-order valence-corrected chi connectivity index (χ2v) is 39.8. The molecule has 5 bridgehead atoms. The Morgan fingerprint density at radius 1 is 0.628 bits per heavy atom. The molecule has 3 aliphatic heterocycles. The number of hydrogen-bond acceptors (Lipinski definition) is 18. The number of esters is 3. The SMILES string of the molecule is CC(=O)O[C@H](C)c1ccc2ccc(/C=C/C(C)(C)C(=O)C[C@H](C(=O)N[C@@H](Cc3cn(C(c4ccccc4)(c4ccccc4)c4ccccc4)cn3)C(=O)N3CCC[C@@H](C(=O)OCC(Cl)(Cl)Cl)N3)C(C)C)cc2n1.CC(C)[C@@H]1CC(=O)C(C)(C)/C=C/c2ccc3ccc(nc3c2)[C@@H](C)OC(=O)[C@@H]2CCCN(N2)C(=O)[C@H](Cc2cn(C(c3ccccc3)(c3ccccc3)c3ccccc3)cn2)NC1=O. The van der Waals surface area contributed by atoms with E-state index < -0.39 is 122 Å².